The fourth-order valence-electron chi connectivity index (χ4n) is 7.20. The van der Waals surface area contributed by atoms with E-state index in [1.54, 1.807) is 36.4 Å². The Morgan fingerprint density at radius 1 is 0.667 bits per heavy atom. The average molecular weight is 919 g/mol. The number of benzene rings is 3. The number of aromatic nitrogens is 3. The SMILES string of the molecule is COCO[C@H]1[C@H](OC(=O)c2ccccc2)[C@@H](OC(=O)c2ccccc2)[C@H](n2cc(CO[C@@H]3[C@@H](NC(C)=O)[C@H](OCc4ccccc4)O[C@H](COC(C)=O)[C@@H]3OC(C)=O)nn2)O[C@@H]1C(=O)OC. The number of hydrogen-bond donors (Lipinski definition) is 1. The lowest BCUT2D eigenvalue weighted by atomic mass is 9.96. The van der Waals surface area contributed by atoms with Gasteiger partial charge in [-0.1, -0.05) is 71.9 Å². The van der Waals surface area contributed by atoms with Gasteiger partial charge in [-0.2, -0.15) is 0 Å². The van der Waals surface area contributed by atoms with E-state index in [2.05, 4.69) is 15.6 Å². The van der Waals surface area contributed by atoms with Crippen LogP contribution in [0.1, 0.15) is 59.0 Å². The van der Waals surface area contributed by atoms with E-state index in [0.29, 0.717) is 0 Å². The van der Waals surface area contributed by atoms with Crippen molar-refractivity contribution in [1.82, 2.24) is 20.3 Å². The predicted octanol–water partition coefficient (Wildman–Crippen LogP) is 2.62. The van der Waals surface area contributed by atoms with Gasteiger partial charge < -0.3 is 57.4 Å². The Bertz CT molecular complexity index is 2250. The van der Waals surface area contributed by atoms with Crippen LogP contribution in [0.3, 0.4) is 0 Å². The molecule has 10 atom stereocenters. The van der Waals surface area contributed by atoms with Crippen molar-refractivity contribution >= 4 is 35.8 Å². The number of nitrogens with one attached hydrogen (secondary N) is 1. The fourth-order valence-corrected chi connectivity index (χ4v) is 7.20. The molecule has 1 aromatic heterocycles. The molecule has 3 aromatic carbocycles. The maximum absolute atomic E-state index is 13.8. The molecule has 352 valence electrons. The van der Waals surface area contributed by atoms with Crippen LogP contribution in [-0.4, -0.2) is 133 Å². The molecule has 2 saturated heterocycles. The molecule has 0 saturated carbocycles. The first-order valence-corrected chi connectivity index (χ1v) is 20.6. The third kappa shape index (κ3) is 12.8. The van der Waals surface area contributed by atoms with E-state index in [-0.39, 0.29) is 30.0 Å². The van der Waals surface area contributed by atoms with Gasteiger partial charge in [-0.3, -0.25) is 14.4 Å². The number of methoxy groups -OCH3 is 2. The van der Waals surface area contributed by atoms with E-state index in [4.69, 9.17) is 52.1 Å². The number of ether oxygens (including phenoxy) is 11. The number of nitrogens with zero attached hydrogens (tertiary/aromatic N) is 3. The molecular formula is C45H50N4O17. The molecule has 2 fully saturated rings. The molecule has 0 spiro atoms. The standard InChI is InChI=1S/C45H50N4O17/c1-26(50)46-34-36(35(62-28(3)52)33(24-58-27(2)51)63-45(34)60-22-29-15-9-6-10-16-29)59-23-32-21-49(48-47-32)41-39(66-43(54)31-19-13-8-14-20-31)38(65-42(53)30-17-11-7-12-18-30)37(61-25-56-4)40(64-41)44(55)57-5/h6-21,33-41,45H,22-25H2,1-5H3,(H,46,50)/t33-,34-,35+,36-,37+,38+,39-,40+,41-,45-/m1/s1. The van der Waals surface area contributed by atoms with Gasteiger partial charge in [-0.25, -0.2) is 19.1 Å². The first kappa shape index (κ1) is 48.8. The highest BCUT2D eigenvalue weighted by atomic mass is 16.7. The minimum absolute atomic E-state index is 0.0319. The van der Waals surface area contributed by atoms with E-state index < -0.39 is 110 Å². The molecule has 0 unspecified atom stereocenters. The number of hydrogen-bond acceptors (Lipinski definition) is 19. The molecule has 21 heteroatoms. The summed E-state index contributed by atoms with van der Waals surface area (Å²) < 4.78 is 65.4. The van der Waals surface area contributed by atoms with Crippen LogP contribution < -0.4 is 5.32 Å². The van der Waals surface area contributed by atoms with Crippen molar-refractivity contribution in [3.8, 4) is 0 Å². The first-order valence-electron chi connectivity index (χ1n) is 20.6. The van der Waals surface area contributed by atoms with Crippen molar-refractivity contribution in [2.45, 2.75) is 95.3 Å². The van der Waals surface area contributed by atoms with Gasteiger partial charge in [0.25, 0.3) is 0 Å². The van der Waals surface area contributed by atoms with Crippen LogP contribution in [0, 0.1) is 0 Å². The summed E-state index contributed by atoms with van der Waals surface area (Å²) in [6.45, 7) is 2.49. The van der Waals surface area contributed by atoms with Crippen LogP contribution in [-0.2, 0) is 84.5 Å². The average Bonchev–Trinajstić information content (AvgIpc) is 3.79. The van der Waals surface area contributed by atoms with Gasteiger partial charge in [0.15, 0.2) is 36.9 Å². The molecule has 1 amide bonds. The molecule has 2 aliphatic heterocycles. The minimum Gasteiger partial charge on any atom is -0.467 e. The maximum atomic E-state index is 13.8. The predicted molar refractivity (Wildman–Crippen MR) is 222 cm³/mol. The summed E-state index contributed by atoms with van der Waals surface area (Å²) in [5, 5.41) is 11.3. The number of rotatable bonds is 19. The molecule has 3 heterocycles. The monoisotopic (exact) mass is 918 g/mol. The van der Waals surface area contributed by atoms with Crippen molar-refractivity contribution in [3.63, 3.8) is 0 Å². The number of carbonyl (C=O) groups excluding carboxylic acids is 6. The zero-order valence-electron chi connectivity index (χ0n) is 36.6. The largest absolute Gasteiger partial charge is 0.467 e. The normalized spacial score (nSPS) is 24.9. The van der Waals surface area contributed by atoms with Crippen LogP contribution in [0.2, 0.25) is 0 Å². The van der Waals surface area contributed by atoms with E-state index >= 15 is 0 Å². The zero-order chi connectivity index (χ0) is 47.2. The van der Waals surface area contributed by atoms with Gasteiger partial charge in [0.05, 0.1) is 37.6 Å². The van der Waals surface area contributed by atoms with E-state index in [0.717, 1.165) is 17.4 Å². The van der Waals surface area contributed by atoms with Crippen molar-refractivity contribution in [2.75, 3.05) is 27.6 Å². The van der Waals surface area contributed by atoms with Gasteiger partial charge in [0.2, 0.25) is 5.91 Å². The van der Waals surface area contributed by atoms with Crippen LogP contribution in [0.25, 0.3) is 0 Å². The van der Waals surface area contributed by atoms with Gasteiger partial charge in [-0.15, -0.1) is 5.10 Å². The topological polar surface area (TPSA) is 247 Å². The Labute approximate surface area is 378 Å². The van der Waals surface area contributed by atoms with Crippen molar-refractivity contribution in [3.05, 3.63) is 120 Å². The van der Waals surface area contributed by atoms with Crippen molar-refractivity contribution in [1.29, 1.82) is 0 Å². The number of carbonyl (C=O) groups is 6. The molecule has 4 aromatic rings. The second-order valence-corrected chi connectivity index (χ2v) is 14.9. The summed E-state index contributed by atoms with van der Waals surface area (Å²) in [7, 11) is 2.45. The Hall–Kier alpha value is -6.62. The van der Waals surface area contributed by atoms with Crippen LogP contribution in [0.15, 0.2) is 97.2 Å². The number of esters is 5. The first-order chi connectivity index (χ1) is 31.9. The minimum atomic E-state index is -1.62. The summed E-state index contributed by atoms with van der Waals surface area (Å²) in [5.41, 5.74) is 1.14. The molecule has 1 N–H and O–H groups in total. The van der Waals surface area contributed by atoms with Crippen molar-refractivity contribution in [2.24, 2.45) is 0 Å². The van der Waals surface area contributed by atoms with E-state index in [9.17, 15) is 28.8 Å². The molecule has 0 bridgehead atoms. The quantitative estimate of drug-likeness (QED) is 0.0807. The number of amides is 1. The third-order valence-electron chi connectivity index (χ3n) is 10.1. The Morgan fingerprint density at radius 2 is 1.29 bits per heavy atom. The lowest BCUT2D eigenvalue weighted by Gasteiger charge is -2.45. The van der Waals surface area contributed by atoms with Crippen LogP contribution >= 0.6 is 0 Å². The Balaban J connectivity index is 1.36. The molecule has 21 nitrogen and oxygen atoms in total. The molecule has 0 radical (unpaired) electrons. The summed E-state index contributed by atoms with van der Waals surface area (Å²) in [5.74, 6) is -4.52. The van der Waals surface area contributed by atoms with E-state index in [1.165, 1.54) is 58.3 Å². The van der Waals surface area contributed by atoms with Crippen molar-refractivity contribution < 1.29 is 80.9 Å². The van der Waals surface area contributed by atoms with Crippen LogP contribution in [0.4, 0.5) is 0 Å². The fraction of sp³-hybridized carbons (Fsp3) is 0.422. The molecule has 6 rings (SSSR count). The highest BCUT2D eigenvalue weighted by Crippen LogP contribution is 2.36. The molecule has 0 aliphatic carbocycles. The highest BCUT2D eigenvalue weighted by Gasteiger charge is 2.55. The lowest BCUT2D eigenvalue weighted by Crippen LogP contribution is -2.66. The third-order valence-corrected chi connectivity index (χ3v) is 10.1. The van der Waals surface area contributed by atoms with E-state index in [1.807, 2.05) is 30.3 Å². The highest BCUT2D eigenvalue weighted by molar-refractivity contribution is 5.90. The van der Waals surface area contributed by atoms with Gasteiger partial charge in [0.1, 0.15) is 43.4 Å². The van der Waals surface area contributed by atoms with Gasteiger partial charge >= 0.3 is 29.8 Å². The summed E-state index contributed by atoms with van der Waals surface area (Å²) in [4.78, 5) is 78.1. The lowest BCUT2D eigenvalue weighted by molar-refractivity contribution is -0.285. The molecule has 66 heavy (non-hydrogen) atoms. The zero-order valence-corrected chi connectivity index (χ0v) is 36.6. The second kappa shape index (κ2) is 23.5. The molecule has 2 aliphatic rings. The van der Waals surface area contributed by atoms with Gasteiger partial charge in [-0.05, 0) is 29.8 Å². The van der Waals surface area contributed by atoms with Gasteiger partial charge in [0, 0.05) is 27.9 Å². The summed E-state index contributed by atoms with van der Waals surface area (Å²) >= 11 is 0. The summed E-state index contributed by atoms with van der Waals surface area (Å²) in [6, 6.07) is 23.9. The van der Waals surface area contributed by atoms with Crippen LogP contribution in [0.5, 0.6) is 0 Å². The Morgan fingerprint density at radius 3 is 1.86 bits per heavy atom. The maximum Gasteiger partial charge on any atom is 0.338 e. The Kier molecular flexibility index (Phi) is 17.4. The smallest absolute Gasteiger partial charge is 0.338 e. The second-order valence-electron chi connectivity index (χ2n) is 14.9. The molecular weight excluding hydrogens is 869 g/mol. The summed E-state index contributed by atoms with van der Waals surface area (Å²) in [6.07, 6.45) is -11.3.